The van der Waals surface area contributed by atoms with Gasteiger partial charge in [-0.2, -0.15) is 4.99 Å². The number of hydrogen-bond acceptors (Lipinski definition) is 7. The van der Waals surface area contributed by atoms with Gasteiger partial charge in [0.1, 0.15) is 5.76 Å². The molecule has 33 heavy (non-hydrogen) atoms. The summed E-state index contributed by atoms with van der Waals surface area (Å²) in [5, 5.41) is 3.96. The number of aryl methyl sites for hydroxylation is 1. The lowest BCUT2D eigenvalue weighted by molar-refractivity contribution is -0.145. The Kier molecular flexibility index (Phi) is 6.85. The number of aromatic amines is 1. The lowest BCUT2D eigenvalue weighted by atomic mass is 9.93. The summed E-state index contributed by atoms with van der Waals surface area (Å²) in [6.07, 6.45) is 0. The van der Waals surface area contributed by atoms with Crippen LogP contribution in [0.5, 0.6) is 0 Å². The van der Waals surface area contributed by atoms with Gasteiger partial charge in [0.05, 0.1) is 19.6 Å². The van der Waals surface area contributed by atoms with Crippen LogP contribution in [-0.2, 0) is 28.0 Å². The predicted molar refractivity (Wildman–Crippen MR) is 121 cm³/mol. The van der Waals surface area contributed by atoms with Gasteiger partial charge in [-0.05, 0) is 12.5 Å². The van der Waals surface area contributed by atoms with Crippen molar-refractivity contribution in [2.24, 2.45) is 10.9 Å². The average Bonchev–Trinajstić information content (AvgIpc) is 3.23. The molecule has 0 aliphatic carbocycles. The molecule has 0 bridgehead atoms. The lowest BCUT2D eigenvalue weighted by Gasteiger charge is -2.13. The first-order valence-electron chi connectivity index (χ1n) is 10.6. The van der Waals surface area contributed by atoms with Crippen molar-refractivity contribution in [1.29, 1.82) is 0 Å². The van der Waals surface area contributed by atoms with Crippen molar-refractivity contribution >= 4 is 11.8 Å². The van der Waals surface area contributed by atoms with E-state index in [0.29, 0.717) is 5.76 Å². The zero-order valence-corrected chi connectivity index (χ0v) is 19.7. The monoisotopic (exact) mass is 455 g/mol. The van der Waals surface area contributed by atoms with E-state index in [1.54, 1.807) is 13.0 Å². The molecule has 0 unspecified atom stereocenters. The topological polar surface area (TPSA) is 124 Å². The number of nitrogens with zero attached hydrogens (tertiary/aromatic N) is 4. The highest BCUT2D eigenvalue weighted by Gasteiger charge is 2.21. The molecular formula is C23H29N5O5. The van der Waals surface area contributed by atoms with Gasteiger partial charge in [-0.15, -0.1) is 0 Å². The fourth-order valence-electron chi connectivity index (χ4n) is 3.15. The van der Waals surface area contributed by atoms with Gasteiger partial charge in [0.15, 0.2) is 5.82 Å². The highest BCUT2D eigenvalue weighted by molar-refractivity contribution is 5.71. The number of ether oxygens (including phenoxy) is 1. The first-order chi connectivity index (χ1) is 15.5. The summed E-state index contributed by atoms with van der Waals surface area (Å²) in [5.41, 5.74) is 0.384. The number of aromatic nitrogens is 4. The van der Waals surface area contributed by atoms with Crippen LogP contribution in [0.4, 0.5) is 5.82 Å². The summed E-state index contributed by atoms with van der Waals surface area (Å²) in [6, 6.07) is 9.32. The molecule has 10 nitrogen and oxygen atoms in total. The Labute approximate surface area is 190 Å². The smallest absolute Gasteiger partial charge is 0.335 e. The van der Waals surface area contributed by atoms with E-state index in [-0.39, 0.29) is 29.9 Å². The summed E-state index contributed by atoms with van der Waals surface area (Å²) in [5.74, 6) is -0.353. The molecule has 3 aromatic rings. The molecule has 0 fully saturated rings. The molecule has 0 aliphatic heterocycles. The Morgan fingerprint density at radius 1 is 1.21 bits per heavy atom. The van der Waals surface area contributed by atoms with Gasteiger partial charge in [-0.1, -0.05) is 62.7 Å². The van der Waals surface area contributed by atoms with Crippen molar-refractivity contribution in [2.75, 3.05) is 7.11 Å². The van der Waals surface area contributed by atoms with Gasteiger partial charge >= 0.3 is 17.3 Å². The number of H-pyrrole nitrogens is 1. The van der Waals surface area contributed by atoms with Crippen LogP contribution < -0.4 is 17.0 Å². The number of hydrogen-bond donors (Lipinski definition) is 1. The normalized spacial score (nSPS) is 13.2. The van der Waals surface area contributed by atoms with E-state index >= 15 is 0 Å². The van der Waals surface area contributed by atoms with Gasteiger partial charge in [0.25, 0.3) is 0 Å². The first kappa shape index (κ1) is 24.0. The second-order valence-electron chi connectivity index (χ2n) is 9.05. The van der Waals surface area contributed by atoms with Crippen molar-refractivity contribution in [1.82, 2.24) is 19.3 Å². The Morgan fingerprint density at radius 3 is 2.45 bits per heavy atom. The second kappa shape index (κ2) is 9.43. The third kappa shape index (κ3) is 5.57. The number of carbonyl (C=O) groups is 1. The van der Waals surface area contributed by atoms with Gasteiger partial charge in [0, 0.05) is 18.0 Å². The lowest BCUT2D eigenvalue weighted by Crippen LogP contribution is -2.51. The summed E-state index contributed by atoms with van der Waals surface area (Å²) in [4.78, 5) is 45.0. The molecule has 2 aromatic heterocycles. The third-order valence-electron chi connectivity index (χ3n) is 5.16. The van der Waals surface area contributed by atoms with Gasteiger partial charge in [-0.3, -0.25) is 14.3 Å². The number of carbonyl (C=O) groups excluding carboxylic acids is 1. The number of benzene rings is 1. The molecule has 0 aliphatic rings. The third-order valence-corrected chi connectivity index (χ3v) is 5.16. The molecule has 176 valence electrons. The SMILES string of the molecule is COC(=O)[C@@H](C)Cn1c(=O)[nH]/c(=N\c2cc(C(C)(C)C)on2)n(Cc2ccc(C)cc2)c1=O. The molecule has 0 amide bonds. The van der Waals surface area contributed by atoms with E-state index in [0.717, 1.165) is 15.7 Å². The maximum Gasteiger partial charge on any atom is 0.335 e. The van der Waals surface area contributed by atoms with Gasteiger partial charge in [0.2, 0.25) is 5.62 Å². The van der Waals surface area contributed by atoms with E-state index in [9.17, 15) is 14.4 Å². The molecule has 10 heteroatoms. The largest absolute Gasteiger partial charge is 0.469 e. The Balaban J connectivity index is 2.16. The number of rotatable bonds is 6. The average molecular weight is 456 g/mol. The van der Waals surface area contributed by atoms with Crippen LogP contribution in [0.2, 0.25) is 0 Å². The van der Waals surface area contributed by atoms with Gasteiger partial charge in [-0.25, -0.2) is 14.2 Å². The van der Waals surface area contributed by atoms with E-state index in [1.165, 1.54) is 11.7 Å². The molecular weight excluding hydrogens is 426 g/mol. The number of methoxy groups -OCH3 is 1. The van der Waals surface area contributed by atoms with Crippen LogP contribution in [0.25, 0.3) is 0 Å². The quantitative estimate of drug-likeness (QED) is 0.567. The number of nitrogens with one attached hydrogen (secondary N) is 1. The maximum atomic E-state index is 13.3. The van der Waals surface area contributed by atoms with Crippen LogP contribution >= 0.6 is 0 Å². The van der Waals surface area contributed by atoms with E-state index in [2.05, 4.69) is 15.1 Å². The van der Waals surface area contributed by atoms with Crippen molar-refractivity contribution < 1.29 is 14.1 Å². The minimum absolute atomic E-state index is 0.0290. The Bertz CT molecular complexity index is 1320. The molecule has 0 saturated heterocycles. The summed E-state index contributed by atoms with van der Waals surface area (Å²) in [7, 11) is 1.26. The highest BCUT2D eigenvalue weighted by atomic mass is 16.5. The van der Waals surface area contributed by atoms with E-state index < -0.39 is 23.3 Å². The van der Waals surface area contributed by atoms with Crippen LogP contribution in [0.15, 0.2) is 49.4 Å². The Hall–Kier alpha value is -3.69. The van der Waals surface area contributed by atoms with Crippen molar-refractivity contribution in [3.8, 4) is 0 Å². The van der Waals surface area contributed by atoms with Crippen LogP contribution in [0.3, 0.4) is 0 Å². The number of esters is 1. The fourth-order valence-corrected chi connectivity index (χ4v) is 3.15. The Morgan fingerprint density at radius 2 is 1.88 bits per heavy atom. The van der Waals surface area contributed by atoms with E-state index in [4.69, 9.17) is 9.26 Å². The molecule has 0 radical (unpaired) electrons. The van der Waals surface area contributed by atoms with Crippen LogP contribution in [0, 0.1) is 12.8 Å². The summed E-state index contributed by atoms with van der Waals surface area (Å²) >= 11 is 0. The molecule has 1 aromatic carbocycles. The van der Waals surface area contributed by atoms with Crippen LogP contribution in [0.1, 0.15) is 44.6 Å². The highest BCUT2D eigenvalue weighted by Crippen LogP contribution is 2.25. The van der Waals surface area contributed by atoms with E-state index in [1.807, 2.05) is 52.0 Å². The molecule has 2 heterocycles. The maximum absolute atomic E-state index is 13.3. The first-order valence-corrected chi connectivity index (χ1v) is 10.6. The minimum atomic E-state index is -0.686. The van der Waals surface area contributed by atoms with Crippen molar-refractivity contribution in [2.45, 2.75) is 53.1 Å². The molecule has 1 N–H and O–H groups in total. The zero-order chi connectivity index (χ0) is 24.3. The molecule has 1 atom stereocenters. The van der Waals surface area contributed by atoms with Crippen molar-refractivity contribution in [3.63, 3.8) is 0 Å². The zero-order valence-electron chi connectivity index (χ0n) is 19.7. The standard InChI is InChI=1S/C23H29N5O5/c1-14-7-9-16(10-8-14)13-27-20(24-18-11-17(33-26-18)23(3,4)5)25-21(30)28(22(27)31)12-15(2)19(29)32-6/h7-11,15H,12-13H2,1-6H3,(H,24,25,26,30)/t15-/m0/s1. The summed E-state index contributed by atoms with van der Waals surface area (Å²) in [6.45, 7) is 9.50. The molecule has 0 saturated carbocycles. The summed E-state index contributed by atoms with van der Waals surface area (Å²) < 4.78 is 12.4. The van der Waals surface area contributed by atoms with Crippen molar-refractivity contribution in [3.05, 3.63) is 73.8 Å². The fraction of sp³-hybridized carbons (Fsp3) is 0.435. The second-order valence-corrected chi connectivity index (χ2v) is 9.05. The molecule has 3 rings (SSSR count). The predicted octanol–water partition coefficient (Wildman–Crippen LogP) is 2.02. The molecule has 0 spiro atoms. The van der Waals surface area contributed by atoms with Gasteiger partial charge < -0.3 is 9.26 Å². The minimum Gasteiger partial charge on any atom is -0.469 e. The van der Waals surface area contributed by atoms with Crippen LogP contribution in [-0.4, -0.2) is 32.4 Å².